The molecule has 0 rings (SSSR count). The van der Waals surface area contributed by atoms with Crippen LogP contribution in [0.1, 0.15) is 145 Å². The van der Waals surface area contributed by atoms with Crippen LogP contribution in [0.2, 0.25) is 0 Å². The molecule has 0 heterocycles. The molecule has 0 aromatic carbocycles. The minimum atomic E-state index is -1.15. The van der Waals surface area contributed by atoms with Crippen LogP contribution in [0.4, 0.5) is 0 Å². The molecule has 0 bridgehead atoms. The number of unbranched alkanes of at least 4 members (excludes halogenated alkanes) is 8. The van der Waals surface area contributed by atoms with E-state index in [-0.39, 0.29) is 59.8 Å². The highest BCUT2D eigenvalue weighted by Gasteiger charge is 2.32. The molecular weight excluding hydrogens is 833 g/mol. The Kier molecular flexibility index (Phi) is 31.2. The molecule has 0 spiro atoms. The topological polar surface area (TPSA) is 215 Å². The van der Waals surface area contributed by atoms with Gasteiger partial charge < -0.3 is 41.7 Å². The average molecular weight is 915 g/mol. The van der Waals surface area contributed by atoms with Gasteiger partial charge in [0.25, 0.3) is 0 Å². The van der Waals surface area contributed by atoms with Gasteiger partial charge in [-0.1, -0.05) is 114 Å². The minimum Gasteiger partial charge on any atom is -0.347 e. The standard InChI is InChI=1S/C44H82N8O8S2/c1-13-15-17-19-21-23-37(53)45-31(7)39(55)49-35(41(57)47-33(25-29(3)4)43(59)51(9)10)27-61-62-28-36(42(58)48-34(26-30(5)6)44(60)52(11)12)50-40(56)32(8)46-38(54)24-22-20-18-16-14-2/h29-36H,13-28H2,1-12H3,(H,45,53)(H,46,54)(H,47,57)(H,48,58)(H,49,55)(H,50,56)/t31-,32-,33-,34-,35-,36-/m0/s1. The van der Waals surface area contributed by atoms with Crippen LogP contribution in [0.25, 0.3) is 0 Å². The van der Waals surface area contributed by atoms with Crippen molar-refractivity contribution in [3.63, 3.8) is 0 Å². The number of rotatable bonds is 33. The van der Waals surface area contributed by atoms with E-state index in [1.807, 2.05) is 27.7 Å². The average Bonchev–Trinajstić information content (AvgIpc) is 3.19. The molecule has 6 atom stereocenters. The van der Waals surface area contributed by atoms with Gasteiger partial charge in [-0.3, -0.25) is 38.4 Å². The first-order valence-electron chi connectivity index (χ1n) is 22.6. The predicted octanol–water partition coefficient (Wildman–Crippen LogP) is 4.31. The van der Waals surface area contributed by atoms with Gasteiger partial charge in [-0.05, 0) is 51.4 Å². The van der Waals surface area contributed by atoms with Gasteiger partial charge in [-0.25, -0.2) is 0 Å². The van der Waals surface area contributed by atoms with E-state index >= 15 is 0 Å². The molecule has 0 aromatic heterocycles. The van der Waals surface area contributed by atoms with E-state index in [1.165, 1.54) is 23.6 Å². The normalized spacial score (nSPS) is 14.1. The van der Waals surface area contributed by atoms with Crippen molar-refractivity contribution in [1.82, 2.24) is 41.7 Å². The van der Waals surface area contributed by atoms with Gasteiger partial charge in [-0.15, -0.1) is 0 Å². The van der Waals surface area contributed by atoms with Gasteiger partial charge >= 0.3 is 0 Å². The van der Waals surface area contributed by atoms with Crippen molar-refractivity contribution < 1.29 is 38.4 Å². The van der Waals surface area contributed by atoms with E-state index in [2.05, 4.69) is 45.7 Å². The first-order chi connectivity index (χ1) is 29.1. The number of hydrogen-bond acceptors (Lipinski definition) is 10. The van der Waals surface area contributed by atoms with E-state index in [9.17, 15) is 38.4 Å². The van der Waals surface area contributed by atoms with Gasteiger partial charge in [-0.2, -0.15) is 0 Å². The van der Waals surface area contributed by atoms with Crippen molar-refractivity contribution in [2.45, 2.75) is 182 Å². The fourth-order valence-electron chi connectivity index (χ4n) is 6.28. The van der Waals surface area contributed by atoms with Crippen molar-refractivity contribution in [3.8, 4) is 0 Å². The van der Waals surface area contributed by atoms with Crippen molar-refractivity contribution >= 4 is 68.8 Å². The highest BCUT2D eigenvalue weighted by atomic mass is 33.1. The quantitative estimate of drug-likeness (QED) is 0.0406. The summed E-state index contributed by atoms with van der Waals surface area (Å²) >= 11 is 0. The lowest BCUT2D eigenvalue weighted by molar-refractivity contribution is -0.136. The lowest BCUT2D eigenvalue weighted by Crippen LogP contribution is -2.57. The van der Waals surface area contributed by atoms with Crippen LogP contribution in [0.5, 0.6) is 0 Å². The van der Waals surface area contributed by atoms with Crippen LogP contribution in [0.15, 0.2) is 0 Å². The summed E-state index contributed by atoms with van der Waals surface area (Å²) in [6, 6.07) is -5.90. The molecule has 16 nitrogen and oxygen atoms in total. The summed E-state index contributed by atoms with van der Waals surface area (Å²) < 4.78 is 0. The zero-order chi connectivity index (χ0) is 47.4. The summed E-state index contributed by atoms with van der Waals surface area (Å²) in [6.07, 6.45) is 10.9. The Balaban J connectivity index is 6.23. The molecule has 358 valence electrons. The van der Waals surface area contributed by atoms with Crippen molar-refractivity contribution in [3.05, 3.63) is 0 Å². The maximum atomic E-state index is 13.9. The second-order valence-corrected chi connectivity index (χ2v) is 20.0. The molecule has 0 aliphatic heterocycles. The van der Waals surface area contributed by atoms with E-state index in [0.29, 0.717) is 25.7 Å². The summed E-state index contributed by atoms with van der Waals surface area (Å²) in [7, 11) is 8.70. The van der Waals surface area contributed by atoms with E-state index in [4.69, 9.17) is 0 Å². The molecule has 0 unspecified atom stereocenters. The highest BCUT2D eigenvalue weighted by Crippen LogP contribution is 2.24. The summed E-state index contributed by atoms with van der Waals surface area (Å²) in [5, 5.41) is 16.5. The Labute approximate surface area is 380 Å². The Bertz CT molecular complexity index is 1300. The van der Waals surface area contributed by atoms with Gasteiger partial charge in [0.15, 0.2) is 0 Å². The lowest BCUT2D eigenvalue weighted by Gasteiger charge is -2.27. The molecule has 0 saturated heterocycles. The molecule has 6 N–H and O–H groups in total. The summed E-state index contributed by atoms with van der Waals surface area (Å²) in [4.78, 5) is 109. The first kappa shape index (κ1) is 58.5. The molecule has 0 fully saturated rings. The van der Waals surface area contributed by atoms with Gasteiger partial charge in [0, 0.05) is 52.5 Å². The third kappa shape index (κ3) is 26.2. The van der Waals surface area contributed by atoms with E-state index < -0.39 is 59.9 Å². The Morgan fingerprint density at radius 1 is 0.419 bits per heavy atom. The molecule has 62 heavy (non-hydrogen) atoms. The van der Waals surface area contributed by atoms with Crippen molar-refractivity contribution in [1.29, 1.82) is 0 Å². The van der Waals surface area contributed by atoms with Crippen LogP contribution in [-0.4, -0.2) is 133 Å². The van der Waals surface area contributed by atoms with Crippen LogP contribution < -0.4 is 31.9 Å². The number of nitrogens with one attached hydrogen (secondary N) is 6. The largest absolute Gasteiger partial charge is 0.347 e. The third-order valence-electron chi connectivity index (χ3n) is 9.90. The fraction of sp³-hybridized carbons (Fsp3) is 0.818. The monoisotopic (exact) mass is 915 g/mol. The Morgan fingerprint density at radius 3 is 1.02 bits per heavy atom. The molecule has 0 aromatic rings. The molecule has 0 aliphatic carbocycles. The maximum Gasteiger partial charge on any atom is 0.244 e. The van der Waals surface area contributed by atoms with Crippen molar-refractivity contribution in [2.24, 2.45) is 11.8 Å². The fourth-order valence-corrected chi connectivity index (χ4v) is 8.61. The van der Waals surface area contributed by atoms with E-state index in [1.54, 1.807) is 28.2 Å². The highest BCUT2D eigenvalue weighted by molar-refractivity contribution is 8.76. The van der Waals surface area contributed by atoms with Crippen LogP contribution in [0.3, 0.4) is 0 Å². The van der Waals surface area contributed by atoms with Crippen LogP contribution in [0, 0.1) is 11.8 Å². The van der Waals surface area contributed by atoms with Crippen LogP contribution in [-0.2, 0) is 38.4 Å². The SMILES string of the molecule is CCCCCCCC(=O)N[C@@H](C)C(=O)N[C@@H](CSSC[C@H](NC(=O)[C@H](C)NC(=O)CCCCCCC)C(=O)N[C@@H](CC(C)C)C(=O)N(C)C)C(=O)N[C@@H](CC(C)C)C(=O)N(C)C. The zero-order valence-electron chi connectivity index (χ0n) is 39.9. The first-order valence-corrected chi connectivity index (χ1v) is 25.1. The smallest absolute Gasteiger partial charge is 0.244 e. The summed E-state index contributed by atoms with van der Waals surface area (Å²) in [5.41, 5.74) is 0. The second-order valence-electron chi connectivity index (χ2n) is 17.4. The molecule has 0 aliphatic rings. The lowest BCUT2D eigenvalue weighted by atomic mass is 10.0. The third-order valence-corrected chi connectivity index (χ3v) is 12.3. The second kappa shape index (κ2) is 33.0. The van der Waals surface area contributed by atoms with Gasteiger partial charge in [0.1, 0.15) is 36.3 Å². The van der Waals surface area contributed by atoms with Gasteiger partial charge in [0.05, 0.1) is 0 Å². The molecule has 18 heteroatoms. The summed E-state index contributed by atoms with van der Waals surface area (Å²) in [6.45, 7) is 15.0. The van der Waals surface area contributed by atoms with E-state index in [0.717, 1.165) is 73.0 Å². The van der Waals surface area contributed by atoms with Crippen LogP contribution >= 0.6 is 21.6 Å². The molecular formula is C44H82N8O8S2. The Morgan fingerprint density at radius 2 is 0.726 bits per heavy atom. The molecule has 0 radical (unpaired) electrons. The molecule has 0 saturated carbocycles. The molecule has 8 amide bonds. The summed E-state index contributed by atoms with van der Waals surface area (Å²) in [5.74, 6) is -3.39. The number of carbonyl (C=O) groups is 8. The number of carbonyl (C=O) groups excluding carboxylic acids is 8. The number of hydrogen-bond donors (Lipinski definition) is 6. The van der Waals surface area contributed by atoms with Crippen molar-refractivity contribution in [2.75, 3.05) is 39.7 Å². The number of amides is 8. The maximum absolute atomic E-state index is 13.9. The predicted molar refractivity (Wildman–Crippen MR) is 251 cm³/mol. The number of likely N-dealkylation sites (N-methyl/N-ethyl adjacent to an activating group) is 2. The van der Waals surface area contributed by atoms with Gasteiger partial charge in [0.2, 0.25) is 47.3 Å². The minimum absolute atomic E-state index is 0.00696. The zero-order valence-corrected chi connectivity index (χ0v) is 41.5. The Hall–Kier alpha value is -3.54. The number of nitrogens with zero attached hydrogens (tertiary/aromatic N) is 2.